The van der Waals surface area contributed by atoms with Gasteiger partial charge < -0.3 is 4.74 Å². The molecular formula is C12H10FNO3. The second-order valence-corrected chi connectivity index (χ2v) is 3.41. The van der Waals surface area contributed by atoms with Crippen molar-refractivity contribution >= 4 is 11.8 Å². The number of carbonyl (C=O) groups is 2. The number of ketones is 1. The highest BCUT2D eigenvalue weighted by Gasteiger charge is 2.37. The van der Waals surface area contributed by atoms with E-state index in [-0.39, 0.29) is 5.56 Å². The lowest BCUT2D eigenvalue weighted by Crippen LogP contribution is -2.36. The lowest BCUT2D eigenvalue weighted by molar-refractivity contribution is -0.127. The predicted molar refractivity (Wildman–Crippen MR) is 56.9 cm³/mol. The summed E-state index contributed by atoms with van der Waals surface area (Å²) in [6.07, 6.45) is 0. The van der Waals surface area contributed by atoms with E-state index in [1.807, 2.05) is 0 Å². The molecule has 1 atom stereocenters. The number of rotatable bonds is 4. The van der Waals surface area contributed by atoms with Crippen LogP contribution in [0.1, 0.15) is 17.3 Å². The molecule has 0 aliphatic carbocycles. The average Bonchev–Trinajstić information content (AvgIpc) is 2.36. The van der Waals surface area contributed by atoms with E-state index in [9.17, 15) is 14.0 Å². The van der Waals surface area contributed by atoms with Crippen LogP contribution in [0.15, 0.2) is 30.3 Å². The van der Waals surface area contributed by atoms with Crippen LogP contribution in [0.5, 0.6) is 0 Å². The number of Topliss-reactive ketones (excluding diaryl/α,β-unsaturated/α-hetero) is 1. The standard InChI is InChI=1S/C12H10FNO3/c1-9(15)12(13,7-14)8-17-11(16)10-5-3-2-4-6-10/h2-6H,8H2,1H3. The van der Waals surface area contributed by atoms with Crippen LogP contribution in [-0.2, 0) is 9.53 Å². The molecule has 0 N–H and O–H groups in total. The lowest BCUT2D eigenvalue weighted by Gasteiger charge is -2.13. The zero-order chi connectivity index (χ0) is 12.9. The number of benzene rings is 1. The minimum absolute atomic E-state index is 0.233. The molecule has 0 bridgehead atoms. The molecule has 88 valence electrons. The third kappa shape index (κ3) is 3.11. The average molecular weight is 235 g/mol. The van der Waals surface area contributed by atoms with Gasteiger partial charge in [-0.2, -0.15) is 5.26 Å². The van der Waals surface area contributed by atoms with Crippen LogP contribution in [0.4, 0.5) is 4.39 Å². The summed E-state index contributed by atoms with van der Waals surface area (Å²) in [6, 6.07) is 9.12. The summed E-state index contributed by atoms with van der Waals surface area (Å²) in [7, 11) is 0. The van der Waals surface area contributed by atoms with Gasteiger partial charge in [-0.3, -0.25) is 4.79 Å². The fourth-order valence-electron chi connectivity index (χ4n) is 1.04. The SMILES string of the molecule is CC(=O)C(F)(C#N)COC(=O)c1ccccc1. The summed E-state index contributed by atoms with van der Waals surface area (Å²) in [5.41, 5.74) is -2.54. The minimum Gasteiger partial charge on any atom is -0.457 e. The molecule has 4 nitrogen and oxygen atoms in total. The Kier molecular flexibility index (Phi) is 3.94. The van der Waals surface area contributed by atoms with E-state index in [0.29, 0.717) is 0 Å². The molecule has 1 aromatic carbocycles. The molecular weight excluding hydrogens is 225 g/mol. The number of ether oxygens (including phenoxy) is 1. The number of carbonyl (C=O) groups excluding carboxylic acids is 2. The smallest absolute Gasteiger partial charge is 0.338 e. The Hall–Kier alpha value is -2.22. The third-order valence-electron chi connectivity index (χ3n) is 2.15. The maximum Gasteiger partial charge on any atom is 0.338 e. The van der Waals surface area contributed by atoms with E-state index < -0.39 is 24.0 Å². The summed E-state index contributed by atoms with van der Waals surface area (Å²) in [5, 5.41) is 8.50. The molecule has 0 fully saturated rings. The normalized spacial score (nSPS) is 13.2. The molecule has 0 saturated carbocycles. The molecule has 0 radical (unpaired) electrons. The van der Waals surface area contributed by atoms with Crippen molar-refractivity contribution in [2.24, 2.45) is 0 Å². The Morgan fingerprint density at radius 1 is 1.41 bits per heavy atom. The predicted octanol–water partition coefficient (Wildman–Crippen LogP) is 1.66. The molecule has 0 aliphatic heterocycles. The highest BCUT2D eigenvalue weighted by Crippen LogP contribution is 2.13. The highest BCUT2D eigenvalue weighted by atomic mass is 19.1. The zero-order valence-electron chi connectivity index (χ0n) is 9.14. The Morgan fingerprint density at radius 3 is 2.47 bits per heavy atom. The van der Waals surface area contributed by atoms with E-state index in [2.05, 4.69) is 4.74 Å². The van der Waals surface area contributed by atoms with E-state index in [0.717, 1.165) is 6.92 Å². The van der Waals surface area contributed by atoms with Crippen molar-refractivity contribution in [3.8, 4) is 6.07 Å². The Balaban J connectivity index is 2.67. The number of alkyl halides is 1. The first-order valence-corrected chi connectivity index (χ1v) is 4.83. The summed E-state index contributed by atoms with van der Waals surface area (Å²) in [6.45, 7) is 0.0339. The van der Waals surface area contributed by atoms with E-state index in [1.54, 1.807) is 18.2 Å². The molecule has 17 heavy (non-hydrogen) atoms. The van der Waals surface area contributed by atoms with Crippen LogP contribution < -0.4 is 0 Å². The first kappa shape index (κ1) is 12.8. The van der Waals surface area contributed by atoms with Gasteiger partial charge in [0.15, 0.2) is 5.78 Å². The van der Waals surface area contributed by atoms with Crippen LogP contribution >= 0.6 is 0 Å². The molecule has 0 saturated heterocycles. The highest BCUT2D eigenvalue weighted by molar-refractivity contribution is 5.91. The molecule has 0 amide bonds. The third-order valence-corrected chi connectivity index (χ3v) is 2.15. The van der Waals surface area contributed by atoms with Crippen molar-refractivity contribution < 1.29 is 18.7 Å². The maximum absolute atomic E-state index is 13.5. The molecule has 1 aromatic rings. The van der Waals surface area contributed by atoms with Gasteiger partial charge in [-0.1, -0.05) is 18.2 Å². The second-order valence-electron chi connectivity index (χ2n) is 3.41. The largest absolute Gasteiger partial charge is 0.457 e. The van der Waals surface area contributed by atoms with Crippen molar-refractivity contribution in [1.82, 2.24) is 0 Å². The van der Waals surface area contributed by atoms with E-state index in [1.165, 1.54) is 18.2 Å². The van der Waals surface area contributed by atoms with Gasteiger partial charge in [0.25, 0.3) is 5.67 Å². The molecule has 1 rings (SSSR count). The first-order chi connectivity index (χ1) is 7.99. The maximum atomic E-state index is 13.5. The molecule has 5 heteroatoms. The van der Waals surface area contributed by atoms with Crippen molar-refractivity contribution in [3.05, 3.63) is 35.9 Å². The quantitative estimate of drug-likeness (QED) is 0.744. The monoisotopic (exact) mass is 235 g/mol. The number of halogens is 1. The van der Waals surface area contributed by atoms with Crippen molar-refractivity contribution in [1.29, 1.82) is 5.26 Å². The van der Waals surface area contributed by atoms with Gasteiger partial charge >= 0.3 is 5.97 Å². The zero-order valence-corrected chi connectivity index (χ0v) is 9.14. The van der Waals surface area contributed by atoms with Gasteiger partial charge in [0.1, 0.15) is 12.7 Å². The summed E-state index contributed by atoms with van der Waals surface area (Å²) < 4.78 is 18.1. The van der Waals surface area contributed by atoms with Gasteiger partial charge in [-0.15, -0.1) is 0 Å². The number of esters is 1. The summed E-state index contributed by atoms with van der Waals surface area (Å²) >= 11 is 0. The van der Waals surface area contributed by atoms with Gasteiger partial charge in [-0.05, 0) is 19.1 Å². The topological polar surface area (TPSA) is 67.2 Å². The second kappa shape index (κ2) is 5.21. The number of hydrogen-bond acceptors (Lipinski definition) is 4. The van der Waals surface area contributed by atoms with Crippen LogP contribution in [0, 0.1) is 11.3 Å². The molecule has 0 aliphatic rings. The molecule has 0 aromatic heterocycles. The first-order valence-electron chi connectivity index (χ1n) is 4.83. The van der Waals surface area contributed by atoms with E-state index in [4.69, 9.17) is 5.26 Å². The fourth-order valence-corrected chi connectivity index (χ4v) is 1.04. The Morgan fingerprint density at radius 2 is 2.00 bits per heavy atom. The number of nitrogens with zero attached hydrogens (tertiary/aromatic N) is 1. The van der Waals surface area contributed by atoms with Gasteiger partial charge in [0.05, 0.1) is 5.56 Å². The Labute approximate surface area is 97.6 Å². The fraction of sp³-hybridized carbons (Fsp3) is 0.250. The lowest BCUT2D eigenvalue weighted by atomic mass is 10.1. The van der Waals surface area contributed by atoms with Gasteiger partial charge in [-0.25, -0.2) is 9.18 Å². The van der Waals surface area contributed by atoms with Gasteiger partial charge in [0, 0.05) is 0 Å². The Bertz CT molecular complexity index is 466. The number of nitriles is 1. The molecule has 0 spiro atoms. The molecule has 0 heterocycles. The minimum atomic E-state index is -2.77. The van der Waals surface area contributed by atoms with Crippen LogP contribution in [0.25, 0.3) is 0 Å². The van der Waals surface area contributed by atoms with Crippen LogP contribution in [-0.4, -0.2) is 24.0 Å². The van der Waals surface area contributed by atoms with Crippen molar-refractivity contribution in [2.45, 2.75) is 12.6 Å². The van der Waals surface area contributed by atoms with Crippen LogP contribution in [0.2, 0.25) is 0 Å². The summed E-state index contributed by atoms with van der Waals surface area (Å²) in [4.78, 5) is 22.3. The van der Waals surface area contributed by atoms with Crippen molar-refractivity contribution in [3.63, 3.8) is 0 Å². The summed E-state index contributed by atoms with van der Waals surface area (Å²) in [5.74, 6) is -1.76. The number of hydrogen-bond donors (Lipinski definition) is 0. The van der Waals surface area contributed by atoms with E-state index >= 15 is 0 Å². The van der Waals surface area contributed by atoms with Crippen LogP contribution in [0.3, 0.4) is 0 Å². The molecule has 1 unspecified atom stereocenters. The van der Waals surface area contributed by atoms with Crippen molar-refractivity contribution in [2.75, 3.05) is 6.61 Å². The van der Waals surface area contributed by atoms with Gasteiger partial charge in [0.2, 0.25) is 0 Å².